The largest absolute Gasteiger partial charge is 0.367 e. The summed E-state index contributed by atoms with van der Waals surface area (Å²) in [4.78, 5) is 14.4. The second-order valence-corrected chi connectivity index (χ2v) is 6.82. The molecule has 4 nitrogen and oxygen atoms in total. The van der Waals surface area contributed by atoms with Gasteiger partial charge in [0, 0.05) is 18.2 Å². The average molecular weight is 298 g/mol. The molecule has 2 saturated heterocycles. The van der Waals surface area contributed by atoms with Gasteiger partial charge in [-0.15, -0.1) is 11.8 Å². The summed E-state index contributed by atoms with van der Waals surface area (Å²) in [5.41, 5.74) is 1.18. The predicted octanol–water partition coefficient (Wildman–Crippen LogP) is 1.70. The van der Waals surface area contributed by atoms with E-state index in [4.69, 9.17) is 4.74 Å². The van der Waals surface area contributed by atoms with Crippen molar-refractivity contribution in [3.8, 4) is 0 Å². The molecule has 2 fully saturated rings. The van der Waals surface area contributed by atoms with Crippen molar-refractivity contribution in [3.63, 3.8) is 0 Å². The Balaban J connectivity index is 1.69. The molecule has 2 aliphatic heterocycles. The first-order valence-corrected chi connectivity index (χ1v) is 8.61. The lowest BCUT2D eigenvalue weighted by atomic mass is 10.1. The molecule has 6 heteroatoms. The minimum Gasteiger partial charge on any atom is -0.367 e. The molecule has 1 aromatic heterocycles. The number of hydrogen-bond donors (Lipinski definition) is 1. The number of carbonyl (C=O) groups excluding carboxylic acids is 1. The lowest BCUT2D eigenvalue weighted by Crippen LogP contribution is -2.52. The smallest absolute Gasteiger partial charge is 0.240 e. The number of rotatable bonds is 2. The Morgan fingerprint density at radius 3 is 3.11 bits per heavy atom. The fraction of sp³-hybridized carbons (Fsp3) is 0.615. The van der Waals surface area contributed by atoms with Gasteiger partial charge in [-0.1, -0.05) is 0 Å². The second-order valence-electron chi connectivity index (χ2n) is 5.01. The van der Waals surface area contributed by atoms with E-state index in [1.54, 1.807) is 23.1 Å². The van der Waals surface area contributed by atoms with Crippen molar-refractivity contribution in [2.45, 2.75) is 25.2 Å². The molecule has 3 rings (SSSR count). The Morgan fingerprint density at radius 1 is 1.53 bits per heavy atom. The summed E-state index contributed by atoms with van der Waals surface area (Å²) in [5.74, 6) is 1.98. The number of nitrogens with one attached hydrogen (secondary N) is 1. The monoisotopic (exact) mass is 298 g/mol. The summed E-state index contributed by atoms with van der Waals surface area (Å²) < 4.78 is 5.96. The molecule has 0 aromatic carbocycles. The third-order valence-electron chi connectivity index (χ3n) is 3.50. The van der Waals surface area contributed by atoms with Crippen LogP contribution in [0.25, 0.3) is 0 Å². The number of thioether (sulfide) groups is 1. The van der Waals surface area contributed by atoms with E-state index in [0.29, 0.717) is 13.1 Å². The maximum Gasteiger partial charge on any atom is 0.240 e. The highest BCUT2D eigenvalue weighted by atomic mass is 32.2. The fourth-order valence-electron chi connectivity index (χ4n) is 2.55. The van der Waals surface area contributed by atoms with Crippen LogP contribution >= 0.6 is 23.1 Å². The highest BCUT2D eigenvalue weighted by molar-refractivity contribution is 7.99. The molecule has 104 valence electrons. The molecule has 3 atom stereocenters. The minimum absolute atomic E-state index is 0.0153. The Labute approximate surface area is 121 Å². The maximum absolute atomic E-state index is 12.5. The zero-order valence-corrected chi connectivity index (χ0v) is 12.5. The molecule has 0 aliphatic carbocycles. The summed E-state index contributed by atoms with van der Waals surface area (Å²) in [5, 5.41) is 7.41. The zero-order chi connectivity index (χ0) is 13.2. The summed E-state index contributed by atoms with van der Waals surface area (Å²) in [6.45, 7) is 3.40. The van der Waals surface area contributed by atoms with Gasteiger partial charge >= 0.3 is 0 Å². The fourth-order valence-corrected chi connectivity index (χ4v) is 4.18. The zero-order valence-electron chi connectivity index (χ0n) is 10.9. The van der Waals surface area contributed by atoms with Crippen LogP contribution in [0.2, 0.25) is 0 Å². The molecule has 3 heterocycles. The third-order valence-corrected chi connectivity index (χ3v) is 5.14. The van der Waals surface area contributed by atoms with Crippen molar-refractivity contribution in [2.24, 2.45) is 0 Å². The molecule has 1 aromatic rings. The number of thiophene rings is 1. The summed E-state index contributed by atoms with van der Waals surface area (Å²) in [6.07, 6.45) is 0.115. The molecular weight excluding hydrogens is 280 g/mol. The highest BCUT2D eigenvalue weighted by Gasteiger charge is 2.34. The number of nitrogens with zero attached hydrogens (tertiary/aromatic N) is 1. The van der Waals surface area contributed by atoms with Crippen LogP contribution in [0.1, 0.15) is 18.6 Å². The molecule has 0 saturated carbocycles. The third kappa shape index (κ3) is 2.97. The molecule has 19 heavy (non-hydrogen) atoms. The topological polar surface area (TPSA) is 41.6 Å². The summed E-state index contributed by atoms with van der Waals surface area (Å²) in [6, 6.07) is 2.07. The molecular formula is C13H18N2O2S2. The Hall–Kier alpha value is -0.560. The Kier molecular flexibility index (Phi) is 4.12. The quantitative estimate of drug-likeness (QED) is 0.902. The first-order valence-electron chi connectivity index (χ1n) is 6.51. The molecule has 0 unspecified atom stereocenters. The number of amides is 1. The molecule has 0 spiro atoms. The standard InChI is InChI=1S/C13H18N2O2S2/c1-9-4-15(13(16)11-7-19-8-14-11)5-12(17-9)10-2-3-18-6-10/h2-3,6,9,11-12,14H,4-5,7-8H2,1H3/t9-,11-,12+/m1/s1. The van der Waals surface area contributed by atoms with Crippen LogP contribution in [0.15, 0.2) is 16.8 Å². The number of ether oxygens (including phenoxy) is 1. The van der Waals surface area contributed by atoms with Gasteiger partial charge in [0.1, 0.15) is 6.10 Å². The van der Waals surface area contributed by atoms with Crippen molar-refractivity contribution in [1.82, 2.24) is 10.2 Å². The van der Waals surface area contributed by atoms with Crippen LogP contribution in [0.5, 0.6) is 0 Å². The van der Waals surface area contributed by atoms with E-state index < -0.39 is 0 Å². The van der Waals surface area contributed by atoms with Crippen LogP contribution in [0, 0.1) is 0 Å². The van der Waals surface area contributed by atoms with Gasteiger partial charge in [0.2, 0.25) is 5.91 Å². The van der Waals surface area contributed by atoms with E-state index in [1.807, 2.05) is 11.8 Å². The van der Waals surface area contributed by atoms with Crippen molar-refractivity contribution in [3.05, 3.63) is 22.4 Å². The number of hydrogen-bond acceptors (Lipinski definition) is 5. The van der Waals surface area contributed by atoms with E-state index in [9.17, 15) is 4.79 Å². The van der Waals surface area contributed by atoms with Gasteiger partial charge in [0.25, 0.3) is 0 Å². The second kappa shape index (κ2) is 5.83. The van der Waals surface area contributed by atoms with Crippen LogP contribution in [0.3, 0.4) is 0 Å². The SMILES string of the molecule is C[C@@H]1CN(C(=O)[C@H]2CSCN2)C[C@@H](c2ccsc2)O1. The van der Waals surface area contributed by atoms with E-state index in [1.165, 1.54) is 5.56 Å². The van der Waals surface area contributed by atoms with Crippen molar-refractivity contribution in [2.75, 3.05) is 24.7 Å². The molecule has 2 aliphatic rings. The Morgan fingerprint density at radius 2 is 2.42 bits per heavy atom. The van der Waals surface area contributed by atoms with E-state index in [0.717, 1.165) is 11.6 Å². The van der Waals surface area contributed by atoms with Gasteiger partial charge in [0.15, 0.2) is 0 Å². The van der Waals surface area contributed by atoms with E-state index in [2.05, 4.69) is 22.1 Å². The first kappa shape index (κ1) is 13.4. The Bertz CT molecular complexity index is 432. The number of morpholine rings is 1. The van der Waals surface area contributed by atoms with Crippen molar-refractivity contribution >= 4 is 29.0 Å². The highest BCUT2D eigenvalue weighted by Crippen LogP contribution is 2.27. The molecule has 0 radical (unpaired) electrons. The van der Waals surface area contributed by atoms with Crippen molar-refractivity contribution < 1.29 is 9.53 Å². The lowest BCUT2D eigenvalue weighted by Gasteiger charge is -2.37. The maximum atomic E-state index is 12.5. The van der Waals surface area contributed by atoms with E-state index >= 15 is 0 Å². The van der Waals surface area contributed by atoms with Crippen LogP contribution in [-0.2, 0) is 9.53 Å². The van der Waals surface area contributed by atoms with Crippen LogP contribution in [0.4, 0.5) is 0 Å². The van der Waals surface area contributed by atoms with Gasteiger partial charge in [-0.05, 0) is 29.3 Å². The average Bonchev–Trinajstić information content (AvgIpc) is 3.10. The molecule has 0 bridgehead atoms. The minimum atomic E-state index is -0.0153. The predicted molar refractivity (Wildman–Crippen MR) is 78.4 cm³/mol. The van der Waals surface area contributed by atoms with Crippen molar-refractivity contribution in [1.29, 1.82) is 0 Å². The van der Waals surface area contributed by atoms with Gasteiger partial charge in [-0.25, -0.2) is 0 Å². The summed E-state index contributed by atoms with van der Waals surface area (Å²) >= 11 is 3.46. The van der Waals surface area contributed by atoms with Gasteiger partial charge in [-0.3, -0.25) is 10.1 Å². The number of carbonyl (C=O) groups is 1. The molecule has 1 amide bonds. The van der Waals surface area contributed by atoms with Crippen LogP contribution < -0.4 is 5.32 Å². The van der Waals surface area contributed by atoms with Crippen LogP contribution in [-0.4, -0.2) is 47.7 Å². The lowest BCUT2D eigenvalue weighted by molar-refractivity contribution is -0.146. The first-order chi connectivity index (χ1) is 9.24. The van der Waals surface area contributed by atoms with Gasteiger partial charge in [-0.2, -0.15) is 11.3 Å². The van der Waals surface area contributed by atoms with Gasteiger partial charge in [0.05, 0.1) is 18.7 Å². The normalized spacial score (nSPS) is 31.6. The summed E-state index contributed by atoms with van der Waals surface area (Å²) in [7, 11) is 0. The van der Waals surface area contributed by atoms with Gasteiger partial charge < -0.3 is 9.64 Å². The van der Waals surface area contributed by atoms with E-state index in [-0.39, 0.29) is 24.2 Å². The molecule has 1 N–H and O–H groups in total.